The van der Waals surface area contributed by atoms with E-state index in [2.05, 4.69) is 27.2 Å². The molecular weight excluding hydrogens is 443 g/mol. The number of pyridine rings is 1. The Labute approximate surface area is 171 Å². The van der Waals surface area contributed by atoms with Crippen molar-refractivity contribution in [2.75, 3.05) is 20.8 Å². The molecule has 0 aliphatic carbocycles. The van der Waals surface area contributed by atoms with Gasteiger partial charge in [-0.2, -0.15) is 0 Å². The zero-order chi connectivity index (χ0) is 17.9. The summed E-state index contributed by atoms with van der Waals surface area (Å²) < 4.78 is 10.9. The van der Waals surface area contributed by atoms with E-state index in [9.17, 15) is 0 Å². The van der Waals surface area contributed by atoms with Crippen LogP contribution in [0.25, 0.3) is 0 Å². The van der Waals surface area contributed by atoms with E-state index in [1.807, 2.05) is 36.4 Å². The number of nitrogens with one attached hydrogen (secondary N) is 2. The van der Waals surface area contributed by atoms with E-state index in [1.165, 1.54) is 0 Å². The van der Waals surface area contributed by atoms with Crippen LogP contribution in [-0.2, 0) is 13.1 Å². The van der Waals surface area contributed by atoms with Crippen molar-refractivity contribution in [3.8, 4) is 11.6 Å². The number of hydrogen-bond donors (Lipinski definition) is 2. The van der Waals surface area contributed by atoms with E-state index in [-0.39, 0.29) is 24.0 Å². The fraction of sp³-hybridized carbons (Fsp3) is 0.263. The third kappa shape index (κ3) is 6.55. The van der Waals surface area contributed by atoms with Crippen molar-refractivity contribution in [3.63, 3.8) is 0 Å². The third-order valence-electron chi connectivity index (χ3n) is 3.49. The van der Waals surface area contributed by atoms with Gasteiger partial charge in [0, 0.05) is 37.5 Å². The number of methoxy groups -OCH3 is 1. The second-order valence-corrected chi connectivity index (χ2v) is 5.16. The minimum Gasteiger partial charge on any atom is -0.489 e. The summed E-state index contributed by atoms with van der Waals surface area (Å²) in [7, 11) is 3.34. The van der Waals surface area contributed by atoms with Gasteiger partial charge in [0.2, 0.25) is 5.88 Å². The molecule has 7 heteroatoms. The lowest BCUT2D eigenvalue weighted by molar-refractivity contribution is 0.358. The molecule has 6 nitrogen and oxygen atoms in total. The van der Waals surface area contributed by atoms with Crippen LogP contribution >= 0.6 is 24.0 Å². The Morgan fingerprint density at radius 2 is 1.85 bits per heavy atom. The van der Waals surface area contributed by atoms with E-state index in [0.717, 1.165) is 16.9 Å². The zero-order valence-corrected chi connectivity index (χ0v) is 17.4. The summed E-state index contributed by atoms with van der Waals surface area (Å²) in [5.74, 6) is 2.12. The van der Waals surface area contributed by atoms with Crippen molar-refractivity contribution in [1.82, 2.24) is 15.6 Å². The van der Waals surface area contributed by atoms with Crippen molar-refractivity contribution >= 4 is 29.9 Å². The van der Waals surface area contributed by atoms with Crippen LogP contribution in [0.3, 0.4) is 0 Å². The van der Waals surface area contributed by atoms with Gasteiger partial charge in [-0.1, -0.05) is 36.9 Å². The van der Waals surface area contributed by atoms with Crippen LogP contribution in [0.5, 0.6) is 11.6 Å². The van der Waals surface area contributed by atoms with E-state index >= 15 is 0 Å². The number of aliphatic imine (C=N–C) groups is 1. The number of ether oxygens (including phenoxy) is 2. The van der Waals surface area contributed by atoms with Crippen LogP contribution in [0.2, 0.25) is 0 Å². The molecule has 140 valence electrons. The maximum absolute atomic E-state index is 5.67. The number of guanidine groups is 1. The zero-order valence-electron chi connectivity index (χ0n) is 15.1. The predicted octanol–water partition coefficient (Wildman–Crippen LogP) is 3.14. The fourth-order valence-electron chi connectivity index (χ4n) is 2.26. The van der Waals surface area contributed by atoms with Crippen molar-refractivity contribution < 1.29 is 9.47 Å². The number of benzene rings is 1. The molecule has 26 heavy (non-hydrogen) atoms. The SMILES string of the molecule is C=CCOc1ccccc1CNC(=NC)NCc1cccnc1OC.I. The molecule has 0 saturated carbocycles. The highest BCUT2D eigenvalue weighted by molar-refractivity contribution is 14.0. The summed E-state index contributed by atoms with van der Waals surface area (Å²) in [5, 5.41) is 6.54. The molecule has 1 heterocycles. The smallest absolute Gasteiger partial charge is 0.218 e. The van der Waals surface area contributed by atoms with E-state index < -0.39 is 0 Å². The quantitative estimate of drug-likeness (QED) is 0.270. The lowest BCUT2D eigenvalue weighted by Gasteiger charge is -2.15. The minimum absolute atomic E-state index is 0. The first-order valence-electron chi connectivity index (χ1n) is 8.02. The molecule has 0 amide bonds. The van der Waals surface area contributed by atoms with Gasteiger partial charge in [-0.05, 0) is 12.1 Å². The summed E-state index contributed by atoms with van der Waals surface area (Å²) in [6.07, 6.45) is 3.43. The standard InChI is InChI=1S/C19H24N4O2.HI/c1-4-12-25-17-10-6-5-8-15(17)13-22-19(20-2)23-14-16-9-7-11-21-18(16)24-3;/h4-11H,1,12-14H2,2-3H3,(H2,20,22,23);1H. The first-order valence-corrected chi connectivity index (χ1v) is 8.02. The molecule has 2 N–H and O–H groups in total. The molecule has 2 aromatic rings. The number of para-hydroxylation sites is 1. The molecule has 1 aromatic carbocycles. The minimum atomic E-state index is 0. The molecule has 1 aromatic heterocycles. The molecule has 0 radical (unpaired) electrons. The molecule has 0 saturated heterocycles. The summed E-state index contributed by atoms with van der Waals surface area (Å²) in [6.45, 7) is 5.31. The largest absolute Gasteiger partial charge is 0.489 e. The number of halogens is 1. The molecule has 0 spiro atoms. The average Bonchev–Trinajstić information content (AvgIpc) is 2.67. The van der Waals surface area contributed by atoms with Crippen LogP contribution in [0.15, 0.2) is 60.2 Å². The first kappa shape index (κ1) is 21.8. The maximum atomic E-state index is 5.67. The van der Waals surface area contributed by atoms with Gasteiger partial charge in [-0.15, -0.1) is 24.0 Å². The van der Waals surface area contributed by atoms with Crippen molar-refractivity contribution in [3.05, 3.63) is 66.4 Å². The van der Waals surface area contributed by atoms with E-state index in [1.54, 1.807) is 26.4 Å². The maximum Gasteiger partial charge on any atom is 0.218 e. The van der Waals surface area contributed by atoms with Crippen LogP contribution in [0.1, 0.15) is 11.1 Å². The van der Waals surface area contributed by atoms with Crippen LogP contribution < -0.4 is 20.1 Å². The highest BCUT2D eigenvalue weighted by atomic mass is 127. The Hall–Kier alpha value is -2.29. The number of hydrogen-bond acceptors (Lipinski definition) is 4. The van der Waals surface area contributed by atoms with Gasteiger partial charge >= 0.3 is 0 Å². The predicted molar refractivity (Wildman–Crippen MR) is 115 cm³/mol. The van der Waals surface area contributed by atoms with E-state index in [0.29, 0.717) is 31.5 Å². The number of aromatic nitrogens is 1. The fourth-order valence-corrected chi connectivity index (χ4v) is 2.26. The summed E-state index contributed by atoms with van der Waals surface area (Å²) in [4.78, 5) is 8.43. The Morgan fingerprint density at radius 3 is 2.54 bits per heavy atom. The van der Waals surface area contributed by atoms with Crippen molar-refractivity contribution in [2.45, 2.75) is 13.1 Å². The van der Waals surface area contributed by atoms with E-state index in [4.69, 9.17) is 9.47 Å². The number of rotatable bonds is 8. The third-order valence-corrected chi connectivity index (χ3v) is 3.49. The van der Waals surface area contributed by atoms with Crippen LogP contribution in [-0.4, -0.2) is 31.7 Å². The monoisotopic (exact) mass is 468 g/mol. The first-order chi connectivity index (χ1) is 12.3. The van der Waals surface area contributed by atoms with Crippen molar-refractivity contribution in [1.29, 1.82) is 0 Å². The van der Waals surface area contributed by atoms with Gasteiger partial charge in [0.05, 0.1) is 7.11 Å². The summed E-state index contributed by atoms with van der Waals surface area (Å²) >= 11 is 0. The molecule has 2 rings (SSSR count). The Morgan fingerprint density at radius 1 is 1.15 bits per heavy atom. The molecule has 0 aliphatic heterocycles. The molecule has 0 aliphatic rings. The second kappa shape index (κ2) is 12.1. The normalized spacial score (nSPS) is 10.5. The summed E-state index contributed by atoms with van der Waals surface area (Å²) in [5.41, 5.74) is 2.01. The second-order valence-electron chi connectivity index (χ2n) is 5.16. The van der Waals surface area contributed by atoms with Crippen LogP contribution in [0.4, 0.5) is 0 Å². The Kier molecular flexibility index (Phi) is 10.1. The van der Waals surface area contributed by atoms with Crippen LogP contribution in [0, 0.1) is 0 Å². The van der Waals surface area contributed by atoms with Gasteiger partial charge < -0.3 is 20.1 Å². The van der Waals surface area contributed by atoms with Crippen molar-refractivity contribution in [2.24, 2.45) is 4.99 Å². The lowest BCUT2D eigenvalue weighted by Crippen LogP contribution is -2.36. The Bertz CT molecular complexity index is 722. The summed E-state index contributed by atoms with van der Waals surface area (Å²) in [6, 6.07) is 11.7. The highest BCUT2D eigenvalue weighted by Crippen LogP contribution is 2.17. The van der Waals surface area contributed by atoms with Gasteiger partial charge in [0.15, 0.2) is 5.96 Å². The molecule has 0 atom stereocenters. The average molecular weight is 468 g/mol. The topological polar surface area (TPSA) is 67.8 Å². The molecular formula is C19H25IN4O2. The van der Waals surface area contributed by atoms with Gasteiger partial charge in [-0.25, -0.2) is 4.98 Å². The van der Waals surface area contributed by atoms with Gasteiger partial charge in [0.1, 0.15) is 12.4 Å². The Balaban J connectivity index is 0.00000338. The molecule has 0 unspecified atom stereocenters. The lowest BCUT2D eigenvalue weighted by atomic mass is 10.2. The van der Waals surface area contributed by atoms with Gasteiger partial charge in [-0.3, -0.25) is 4.99 Å². The van der Waals surface area contributed by atoms with Gasteiger partial charge in [0.25, 0.3) is 0 Å². The molecule has 0 bridgehead atoms. The molecule has 0 fully saturated rings. The number of nitrogens with zero attached hydrogens (tertiary/aromatic N) is 2. The highest BCUT2D eigenvalue weighted by Gasteiger charge is 2.06.